The number of ether oxygens (including phenoxy) is 1. The molecule has 1 aliphatic carbocycles. The van der Waals surface area contributed by atoms with Crippen LogP contribution < -0.4 is 10.6 Å². The van der Waals surface area contributed by atoms with Gasteiger partial charge in [-0.25, -0.2) is 4.79 Å². The van der Waals surface area contributed by atoms with Crippen LogP contribution in [0.4, 0.5) is 11.4 Å². The lowest BCUT2D eigenvalue weighted by Gasteiger charge is -2.13. The summed E-state index contributed by atoms with van der Waals surface area (Å²) in [6.45, 7) is 1.85. The molecule has 0 heterocycles. The Hall–Kier alpha value is -3.15. The standard InChI is InChI=1S/C20H20N2O4/c1-12-16(21-18(23)13-6-7-13)4-3-5-17(12)22-19(24)14-8-10-15(11-9-14)20(25)26-2/h3-5,8-11,13H,6-7H2,1-2H3,(H,21,23)(H,22,24). The lowest BCUT2D eigenvalue weighted by atomic mass is 10.1. The van der Waals surface area contributed by atoms with Crippen molar-refractivity contribution in [3.8, 4) is 0 Å². The van der Waals surface area contributed by atoms with Crippen LogP contribution in [0.1, 0.15) is 39.1 Å². The van der Waals surface area contributed by atoms with E-state index in [2.05, 4.69) is 15.4 Å². The number of carbonyl (C=O) groups is 3. The summed E-state index contributed by atoms with van der Waals surface area (Å²) in [4.78, 5) is 35.9. The molecule has 2 aromatic carbocycles. The molecule has 1 aliphatic rings. The number of anilines is 2. The van der Waals surface area contributed by atoms with Crippen molar-refractivity contribution < 1.29 is 19.1 Å². The first-order valence-corrected chi connectivity index (χ1v) is 8.40. The van der Waals surface area contributed by atoms with Gasteiger partial charge < -0.3 is 15.4 Å². The number of esters is 1. The van der Waals surface area contributed by atoms with Crippen molar-refractivity contribution in [3.05, 3.63) is 59.2 Å². The number of methoxy groups -OCH3 is 1. The normalized spacial score (nSPS) is 13.0. The smallest absolute Gasteiger partial charge is 0.337 e. The topological polar surface area (TPSA) is 84.5 Å². The van der Waals surface area contributed by atoms with Crippen molar-refractivity contribution in [1.29, 1.82) is 0 Å². The molecule has 1 saturated carbocycles. The van der Waals surface area contributed by atoms with Gasteiger partial charge in [-0.15, -0.1) is 0 Å². The first-order chi connectivity index (χ1) is 12.5. The van der Waals surface area contributed by atoms with E-state index in [0.717, 1.165) is 18.4 Å². The molecule has 0 atom stereocenters. The zero-order valence-corrected chi connectivity index (χ0v) is 14.7. The Kier molecular flexibility index (Phi) is 5.02. The van der Waals surface area contributed by atoms with Crippen molar-refractivity contribution in [1.82, 2.24) is 0 Å². The van der Waals surface area contributed by atoms with Gasteiger partial charge in [-0.05, 0) is 61.7 Å². The number of hydrogen-bond donors (Lipinski definition) is 2. The maximum atomic E-state index is 12.5. The predicted octanol–water partition coefficient (Wildman–Crippen LogP) is 3.38. The molecule has 26 heavy (non-hydrogen) atoms. The SMILES string of the molecule is COC(=O)c1ccc(C(=O)Nc2cccc(NC(=O)C3CC3)c2C)cc1. The van der Waals surface area contributed by atoms with Gasteiger partial charge in [0.2, 0.25) is 5.91 Å². The highest BCUT2D eigenvalue weighted by atomic mass is 16.5. The van der Waals surface area contributed by atoms with Gasteiger partial charge in [0, 0.05) is 22.9 Å². The fourth-order valence-corrected chi connectivity index (χ4v) is 2.56. The summed E-state index contributed by atoms with van der Waals surface area (Å²) in [6.07, 6.45) is 1.87. The Bertz CT molecular complexity index is 855. The number of nitrogens with one attached hydrogen (secondary N) is 2. The summed E-state index contributed by atoms with van der Waals surface area (Å²) in [5.74, 6) is -0.613. The molecule has 0 unspecified atom stereocenters. The van der Waals surface area contributed by atoms with E-state index in [9.17, 15) is 14.4 Å². The minimum atomic E-state index is -0.452. The second-order valence-electron chi connectivity index (χ2n) is 6.26. The molecule has 0 saturated heterocycles. The molecule has 2 N–H and O–H groups in total. The van der Waals surface area contributed by atoms with E-state index >= 15 is 0 Å². The molecule has 0 spiro atoms. The number of carbonyl (C=O) groups excluding carboxylic acids is 3. The summed E-state index contributed by atoms with van der Waals surface area (Å²) in [5, 5.41) is 5.75. The van der Waals surface area contributed by atoms with Crippen LogP contribution in [0.25, 0.3) is 0 Å². The van der Waals surface area contributed by atoms with Crippen molar-refractivity contribution in [2.24, 2.45) is 5.92 Å². The third-order valence-electron chi connectivity index (χ3n) is 4.36. The number of hydrogen-bond acceptors (Lipinski definition) is 4. The van der Waals surface area contributed by atoms with Crippen LogP contribution >= 0.6 is 0 Å². The fourth-order valence-electron chi connectivity index (χ4n) is 2.56. The van der Waals surface area contributed by atoms with Crippen molar-refractivity contribution in [2.75, 3.05) is 17.7 Å². The molecule has 0 aliphatic heterocycles. The molecule has 1 fully saturated rings. The minimum absolute atomic E-state index is 0.0231. The van der Waals surface area contributed by atoms with E-state index in [0.29, 0.717) is 22.5 Å². The Morgan fingerprint density at radius 3 is 2.08 bits per heavy atom. The molecular weight excluding hydrogens is 332 g/mol. The Morgan fingerprint density at radius 1 is 0.923 bits per heavy atom. The molecule has 3 rings (SSSR count). The van der Waals surface area contributed by atoms with Crippen LogP contribution in [0.3, 0.4) is 0 Å². The highest BCUT2D eigenvalue weighted by Crippen LogP contribution is 2.31. The molecule has 2 amide bonds. The van der Waals surface area contributed by atoms with Crippen molar-refractivity contribution >= 4 is 29.2 Å². The fraction of sp³-hybridized carbons (Fsp3) is 0.250. The van der Waals surface area contributed by atoms with Gasteiger partial charge in [0.15, 0.2) is 0 Å². The van der Waals surface area contributed by atoms with Gasteiger partial charge >= 0.3 is 5.97 Å². The third kappa shape index (κ3) is 3.91. The summed E-state index contributed by atoms with van der Waals surface area (Å²) in [5.41, 5.74) is 2.91. The van der Waals surface area contributed by atoms with Gasteiger partial charge in [-0.1, -0.05) is 6.07 Å². The summed E-state index contributed by atoms with van der Waals surface area (Å²) in [6, 6.07) is 11.6. The Balaban J connectivity index is 1.72. The van der Waals surface area contributed by atoms with E-state index in [1.165, 1.54) is 7.11 Å². The van der Waals surface area contributed by atoms with Gasteiger partial charge in [-0.3, -0.25) is 9.59 Å². The van der Waals surface area contributed by atoms with Crippen LogP contribution in [0, 0.1) is 12.8 Å². The van der Waals surface area contributed by atoms with Crippen LogP contribution in [0.15, 0.2) is 42.5 Å². The van der Waals surface area contributed by atoms with Crippen LogP contribution in [-0.2, 0) is 9.53 Å². The highest BCUT2D eigenvalue weighted by Gasteiger charge is 2.29. The van der Waals surface area contributed by atoms with Crippen molar-refractivity contribution in [3.63, 3.8) is 0 Å². The summed E-state index contributed by atoms with van der Waals surface area (Å²) >= 11 is 0. The number of benzene rings is 2. The zero-order valence-electron chi connectivity index (χ0n) is 14.7. The van der Waals surface area contributed by atoms with Crippen LogP contribution in [-0.4, -0.2) is 24.9 Å². The molecule has 0 radical (unpaired) electrons. The van der Waals surface area contributed by atoms with Gasteiger partial charge in [-0.2, -0.15) is 0 Å². The number of rotatable bonds is 5. The zero-order chi connectivity index (χ0) is 18.7. The largest absolute Gasteiger partial charge is 0.465 e. The Morgan fingerprint density at radius 2 is 1.50 bits per heavy atom. The maximum absolute atomic E-state index is 12.5. The molecular formula is C20H20N2O4. The van der Waals surface area contributed by atoms with Gasteiger partial charge in [0.05, 0.1) is 12.7 Å². The number of amides is 2. The molecule has 6 nitrogen and oxygen atoms in total. The third-order valence-corrected chi connectivity index (χ3v) is 4.36. The lowest BCUT2D eigenvalue weighted by Crippen LogP contribution is -2.16. The van der Waals surface area contributed by atoms with E-state index in [1.807, 2.05) is 13.0 Å². The second kappa shape index (κ2) is 7.39. The van der Waals surface area contributed by atoms with E-state index < -0.39 is 5.97 Å². The average Bonchev–Trinajstić information content (AvgIpc) is 3.49. The second-order valence-corrected chi connectivity index (χ2v) is 6.26. The predicted molar refractivity (Wildman–Crippen MR) is 98.3 cm³/mol. The molecule has 6 heteroatoms. The molecule has 0 aromatic heterocycles. The van der Waals surface area contributed by atoms with Crippen molar-refractivity contribution in [2.45, 2.75) is 19.8 Å². The van der Waals surface area contributed by atoms with E-state index in [1.54, 1.807) is 36.4 Å². The van der Waals surface area contributed by atoms with Crippen LogP contribution in [0.2, 0.25) is 0 Å². The first kappa shape index (κ1) is 17.7. The van der Waals surface area contributed by atoms with Gasteiger partial charge in [0.1, 0.15) is 0 Å². The lowest BCUT2D eigenvalue weighted by molar-refractivity contribution is -0.117. The highest BCUT2D eigenvalue weighted by molar-refractivity contribution is 6.06. The first-order valence-electron chi connectivity index (χ1n) is 8.40. The molecule has 2 aromatic rings. The monoisotopic (exact) mass is 352 g/mol. The van der Waals surface area contributed by atoms with Crippen LogP contribution in [0.5, 0.6) is 0 Å². The quantitative estimate of drug-likeness (QED) is 0.808. The molecule has 134 valence electrons. The van der Waals surface area contributed by atoms with Gasteiger partial charge in [0.25, 0.3) is 5.91 Å². The summed E-state index contributed by atoms with van der Waals surface area (Å²) < 4.78 is 4.64. The summed E-state index contributed by atoms with van der Waals surface area (Å²) in [7, 11) is 1.31. The molecule has 0 bridgehead atoms. The maximum Gasteiger partial charge on any atom is 0.337 e. The van der Waals surface area contributed by atoms with E-state index in [-0.39, 0.29) is 17.7 Å². The van der Waals surface area contributed by atoms with E-state index in [4.69, 9.17) is 0 Å². The minimum Gasteiger partial charge on any atom is -0.465 e. The Labute approximate surface area is 151 Å². The average molecular weight is 352 g/mol.